The number of halogens is 1. The summed E-state index contributed by atoms with van der Waals surface area (Å²) in [4.78, 5) is 12.4. The number of rotatable bonds is 6. The van der Waals surface area contributed by atoms with E-state index in [0.29, 0.717) is 23.5 Å². The molecule has 1 aliphatic heterocycles. The van der Waals surface area contributed by atoms with Crippen LogP contribution in [0.25, 0.3) is 0 Å². The van der Waals surface area contributed by atoms with Crippen molar-refractivity contribution in [1.82, 2.24) is 16.3 Å². The molecule has 3 N–H and O–H groups in total. The van der Waals surface area contributed by atoms with E-state index in [1.165, 1.54) is 6.21 Å². The molecule has 27 heavy (non-hydrogen) atoms. The van der Waals surface area contributed by atoms with Crippen molar-refractivity contribution in [3.63, 3.8) is 0 Å². The van der Waals surface area contributed by atoms with Crippen molar-refractivity contribution in [3.8, 4) is 11.5 Å². The normalized spacial score (nSPS) is 19.2. The number of methoxy groups -OCH3 is 2. The van der Waals surface area contributed by atoms with Gasteiger partial charge in [0.1, 0.15) is 17.5 Å². The number of amides is 1. The molecule has 0 bridgehead atoms. The van der Waals surface area contributed by atoms with Crippen molar-refractivity contribution < 1.29 is 14.3 Å². The van der Waals surface area contributed by atoms with E-state index in [1.54, 1.807) is 32.4 Å². The Kier molecular flexibility index (Phi) is 6.44. The van der Waals surface area contributed by atoms with E-state index in [2.05, 4.69) is 37.3 Å². The maximum Gasteiger partial charge on any atom is 0.258 e. The van der Waals surface area contributed by atoms with Crippen LogP contribution in [0.1, 0.15) is 23.6 Å². The fraction of sp³-hybridized carbons (Fsp3) is 0.263. The molecular weight excluding hydrogens is 412 g/mol. The smallest absolute Gasteiger partial charge is 0.258 e. The van der Waals surface area contributed by atoms with Gasteiger partial charge in [-0.15, -0.1) is 0 Å². The molecule has 3 rings (SSSR count). The van der Waals surface area contributed by atoms with E-state index in [9.17, 15) is 4.79 Å². The van der Waals surface area contributed by atoms with Crippen LogP contribution >= 0.6 is 15.9 Å². The van der Waals surface area contributed by atoms with Crippen LogP contribution in [0.5, 0.6) is 11.5 Å². The number of carbonyl (C=O) groups excluding carboxylic acids is 1. The second-order valence-corrected chi connectivity index (χ2v) is 6.94. The number of hydrogen-bond donors (Lipinski definition) is 3. The van der Waals surface area contributed by atoms with Crippen LogP contribution in [0.2, 0.25) is 0 Å². The minimum Gasteiger partial charge on any atom is -0.497 e. The summed E-state index contributed by atoms with van der Waals surface area (Å²) < 4.78 is 11.5. The van der Waals surface area contributed by atoms with Gasteiger partial charge in [0.15, 0.2) is 0 Å². The molecular formula is C19H21BrN4O3. The number of hydrazone groups is 1. The van der Waals surface area contributed by atoms with Crippen molar-refractivity contribution in [2.45, 2.75) is 18.5 Å². The van der Waals surface area contributed by atoms with Crippen LogP contribution in [-0.2, 0) is 4.79 Å². The number of nitrogens with one attached hydrogen (secondary N) is 3. The third-order valence-electron chi connectivity index (χ3n) is 4.31. The van der Waals surface area contributed by atoms with Crippen molar-refractivity contribution in [3.05, 3.63) is 58.1 Å². The summed E-state index contributed by atoms with van der Waals surface area (Å²) >= 11 is 3.42. The lowest BCUT2D eigenvalue weighted by Gasteiger charge is -2.09. The van der Waals surface area contributed by atoms with Gasteiger partial charge >= 0.3 is 0 Å². The average Bonchev–Trinajstić information content (AvgIpc) is 3.18. The van der Waals surface area contributed by atoms with E-state index >= 15 is 0 Å². The fourth-order valence-corrected chi connectivity index (χ4v) is 3.09. The van der Waals surface area contributed by atoms with Crippen molar-refractivity contribution in [1.29, 1.82) is 0 Å². The molecule has 1 heterocycles. The maximum absolute atomic E-state index is 12.4. The van der Waals surface area contributed by atoms with Gasteiger partial charge in [-0.25, -0.2) is 16.3 Å². The van der Waals surface area contributed by atoms with Crippen LogP contribution in [0.4, 0.5) is 0 Å². The molecule has 0 radical (unpaired) electrons. The lowest BCUT2D eigenvalue weighted by Crippen LogP contribution is -2.41. The third kappa shape index (κ3) is 4.85. The highest BCUT2D eigenvalue weighted by Crippen LogP contribution is 2.24. The minimum absolute atomic E-state index is 0.0660. The monoisotopic (exact) mass is 432 g/mol. The lowest BCUT2D eigenvalue weighted by molar-refractivity contribution is -0.122. The second-order valence-electron chi connectivity index (χ2n) is 6.02. The van der Waals surface area contributed by atoms with Crippen LogP contribution < -0.4 is 25.8 Å². The Morgan fingerprint density at radius 2 is 1.96 bits per heavy atom. The molecule has 1 saturated heterocycles. The summed E-state index contributed by atoms with van der Waals surface area (Å²) in [7, 11) is 3.17. The summed E-state index contributed by atoms with van der Waals surface area (Å²) in [5.74, 6) is 1.12. The van der Waals surface area contributed by atoms with E-state index in [0.717, 1.165) is 10.0 Å². The van der Waals surface area contributed by atoms with Gasteiger partial charge in [-0.05, 0) is 42.3 Å². The summed E-state index contributed by atoms with van der Waals surface area (Å²) in [5, 5.41) is 4.05. The Morgan fingerprint density at radius 3 is 2.67 bits per heavy atom. The predicted octanol–water partition coefficient (Wildman–Crippen LogP) is 2.52. The van der Waals surface area contributed by atoms with Gasteiger partial charge in [0, 0.05) is 16.1 Å². The summed E-state index contributed by atoms with van der Waals surface area (Å²) in [5.41, 5.74) is 10.6. The molecule has 2 aromatic rings. The molecule has 142 valence electrons. The summed E-state index contributed by atoms with van der Waals surface area (Å²) in [6.45, 7) is 0. The van der Waals surface area contributed by atoms with Crippen molar-refractivity contribution in [2.75, 3.05) is 14.2 Å². The standard InChI is InChI=1S/C19H21BrN4O3/c1-26-15-7-8-18(27-2)13(9-15)11-21-24-19(25)17-10-16(22-23-17)12-3-5-14(20)6-4-12/h3-9,11,16-17,22-23H,10H2,1-2H3,(H,24,25)/b21-11+. The summed E-state index contributed by atoms with van der Waals surface area (Å²) in [6, 6.07) is 13.1. The van der Waals surface area contributed by atoms with Gasteiger partial charge < -0.3 is 9.47 Å². The lowest BCUT2D eigenvalue weighted by atomic mass is 10.0. The number of ether oxygens (including phenoxy) is 2. The van der Waals surface area contributed by atoms with Gasteiger partial charge in [0.2, 0.25) is 0 Å². The first-order valence-corrected chi connectivity index (χ1v) is 9.21. The molecule has 8 heteroatoms. The molecule has 1 amide bonds. The predicted molar refractivity (Wildman–Crippen MR) is 107 cm³/mol. The first-order chi connectivity index (χ1) is 13.1. The summed E-state index contributed by atoms with van der Waals surface area (Å²) in [6.07, 6.45) is 2.17. The van der Waals surface area contributed by atoms with Gasteiger partial charge in [0.25, 0.3) is 5.91 Å². The molecule has 2 unspecified atom stereocenters. The molecule has 0 saturated carbocycles. The van der Waals surface area contributed by atoms with E-state index in [-0.39, 0.29) is 18.0 Å². The van der Waals surface area contributed by atoms with Crippen LogP contribution in [0, 0.1) is 0 Å². The molecule has 2 aromatic carbocycles. The van der Waals surface area contributed by atoms with Gasteiger partial charge in [-0.1, -0.05) is 28.1 Å². The second kappa shape index (κ2) is 8.98. The van der Waals surface area contributed by atoms with Gasteiger partial charge in [0.05, 0.1) is 20.4 Å². The Hall–Kier alpha value is -2.42. The molecule has 2 atom stereocenters. The van der Waals surface area contributed by atoms with Crippen molar-refractivity contribution in [2.24, 2.45) is 5.10 Å². The quantitative estimate of drug-likeness (QED) is 0.482. The number of hydrogen-bond acceptors (Lipinski definition) is 6. The Labute approximate surface area is 166 Å². The SMILES string of the molecule is COc1ccc(OC)c(/C=N/NC(=O)C2CC(c3ccc(Br)cc3)NN2)c1. The van der Waals surface area contributed by atoms with Crippen LogP contribution in [0.15, 0.2) is 52.0 Å². The largest absolute Gasteiger partial charge is 0.497 e. The maximum atomic E-state index is 12.4. The topological polar surface area (TPSA) is 84.0 Å². The zero-order valence-corrected chi connectivity index (χ0v) is 16.6. The Morgan fingerprint density at radius 1 is 1.19 bits per heavy atom. The molecule has 0 spiro atoms. The molecule has 0 aliphatic carbocycles. The number of hydrazine groups is 1. The van der Waals surface area contributed by atoms with E-state index in [4.69, 9.17) is 9.47 Å². The first-order valence-electron chi connectivity index (χ1n) is 8.42. The highest BCUT2D eigenvalue weighted by atomic mass is 79.9. The molecule has 7 nitrogen and oxygen atoms in total. The van der Waals surface area contributed by atoms with Gasteiger partial charge in [-0.2, -0.15) is 5.10 Å². The molecule has 1 fully saturated rings. The zero-order valence-electron chi connectivity index (χ0n) is 15.0. The molecule has 1 aliphatic rings. The highest BCUT2D eigenvalue weighted by Gasteiger charge is 2.29. The molecule has 0 aromatic heterocycles. The third-order valence-corrected chi connectivity index (χ3v) is 4.84. The van der Waals surface area contributed by atoms with Gasteiger partial charge in [-0.3, -0.25) is 4.79 Å². The number of nitrogens with zero attached hydrogens (tertiary/aromatic N) is 1. The van der Waals surface area contributed by atoms with E-state index in [1.807, 2.05) is 24.3 Å². The van der Waals surface area contributed by atoms with E-state index < -0.39 is 0 Å². The number of carbonyl (C=O) groups is 1. The van der Waals surface area contributed by atoms with Crippen LogP contribution in [-0.4, -0.2) is 32.4 Å². The number of benzene rings is 2. The Bertz CT molecular complexity index is 826. The Balaban J connectivity index is 1.58. The fourth-order valence-electron chi connectivity index (χ4n) is 2.83. The zero-order chi connectivity index (χ0) is 19.2. The minimum atomic E-state index is -0.372. The van der Waals surface area contributed by atoms with Crippen molar-refractivity contribution >= 4 is 28.1 Å². The first kappa shape index (κ1) is 19.3. The average molecular weight is 433 g/mol. The van der Waals surface area contributed by atoms with Crippen LogP contribution in [0.3, 0.4) is 0 Å². The highest BCUT2D eigenvalue weighted by molar-refractivity contribution is 9.10.